The van der Waals surface area contributed by atoms with E-state index in [4.69, 9.17) is 15.0 Å². The average Bonchev–Trinajstić information content (AvgIpc) is 3.92. The van der Waals surface area contributed by atoms with Crippen LogP contribution in [0.4, 0.5) is 0 Å². The van der Waals surface area contributed by atoms with Crippen molar-refractivity contribution in [3.05, 3.63) is 218 Å². The van der Waals surface area contributed by atoms with Crippen LogP contribution in [0.2, 0.25) is 0 Å². The van der Waals surface area contributed by atoms with Gasteiger partial charge in [0.05, 0.1) is 33.6 Å². The number of thiophene rings is 1. The van der Waals surface area contributed by atoms with Crippen molar-refractivity contribution in [1.82, 2.24) is 19.5 Å². The first kappa shape index (κ1) is 36.4. The summed E-state index contributed by atoms with van der Waals surface area (Å²) >= 11 is 1.85. The molecule has 64 heavy (non-hydrogen) atoms. The quantitative estimate of drug-likeness (QED) is 0.157. The first-order chi connectivity index (χ1) is 31.7. The highest BCUT2D eigenvalue weighted by atomic mass is 32.1. The Hall–Kier alpha value is -8.25. The van der Waals surface area contributed by atoms with Crippen LogP contribution in [0.5, 0.6) is 0 Å². The second-order valence-electron chi connectivity index (χ2n) is 16.3. The fourth-order valence-corrected chi connectivity index (χ4v) is 10.7. The minimum atomic E-state index is 0.690. The zero-order chi connectivity index (χ0) is 42.1. The lowest BCUT2D eigenvalue weighted by Crippen LogP contribution is -1.96. The van der Waals surface area contributed by atoms with Gasteiger partial charge in [0, 0.05) is 75.0 Å². The van der Waals surface area contributed by atoms with Crippen molar-refractivity contribution in [2.45, 2.75) is 0 Å². The molecule has 298 valence electrons. The third kappa shape index (κ3) is 5.93. The van der Waals surface area contributed by atoms with Gasteiger partial charge in [-0.1, -0.05) is 152 Å². The molecule has 13 rings (SSSR count). The van der Waals surface area contributed by atoms with E-state index in [0.717, 1.165) is 78.0 Å². The summed E-state index contributed by atoms with van der Waals surface area (Å²) in [6, 6.07) is 77.7. The van der Waals surface area contributed by atoms with Crippen molar-refractivity contribution in [2.75, 3.05) is 0 Å². The van der Waals surface area contributed by atoms with Gasteiger partial charge in [-0.05, 0) is 77.9 Å². The van der Waals surface area contributed by atoms with Crippen molar-refractivity contribution in [1.29, 1.82) is 0 Å². The van der Waals surface area contributed by atoms with E-state index in [9.17, 15) is 0 Å². The molecule has 0 aliphatic carbocycles. The van der Waals surface area contributed by atoms with Gasteiger partial charge in [0.2, 0.25) is 0 Å². The molecule has 0 N–H and O–H groups in total. The highest BCUT2D eigenvalue weighted by molar-refractivity contribution is 7.26. The molecule has 0 saturated carbocycles. The molecule has 0 atom stereocenters. The number of hydrogen-bond donors (Lipinski definition) is 0. The van der Waals surface area contributed by atoms with Crippen LogP contribution in [0.3, 0.4) is 0 Å². The molecular weight excluding hydrogens is 797 g/mol. The van der Waals surface area contributed by atoms with E-state index >= 15 is 0 Å². The van der Waals surface area contributed by atoms with Gasteiger partial charge in [0.1, 0.15) is 0 Å². The summed E-state index contributed by atoms with van der Waals surface area (Å²) in [6.07, 6.45) is 0. The highest BCUT2D eigenvalue weighted by Gasteiger charge is 2.19. The number of fused-ring (bicyclic) bond motifs is 10. The smallest absolute Gasteiger partial charge is 0.160 e. The van der Waals surface area contributed by atoms with Gasteiger partial charge < -0.3 is 4.57 Å². The molecule has 4 nitrogen and oxygen atoms in total. The Morgan fingerprint density at radius 1 is 0.328 bits per heavy atom. The molecule has 9 aromatic carbocycles. The normalized spacial score (nSPS) is 11.8. The number of aromatic nitrogens is 4. The topological polar surface area (TPSA) is 43.6 Å². The summed E-state index contributed by atoms with van der Waals surface area (Å²) < 4.78 is 4.92. The summed E-state index contributed by atoms with van der Waals surface area (Å²) in [6.45, 7) is 0. The van der Waals surface area contributed by atoms with Crippen molar-refractivity contribution < 1.29 is 0 Å². The van der Waals surface area contributed by atoms with E-state index in [0.29, 0.717) is 5.82 Å². The van der Waals surface area contributed by atoms with Crippen LogP contribution in [-0.2, 0) is 0 Å². The third-order valence-electron chi connectivity index (χ3n) is 12.6. The molecular formula is C59H36N4S. The maximum atomic E-state index is 5.33. The maximum Gasteiger partial charge on any atom is 0.160 e. The number of rotatable bonds is 6. The minimum Gasteiger partial charge on any atom is -0.309 e. The summed E-state index contributed by atoms with van der Waals surface area (Å²) in [5.41, 5.74) is 13.6. The first-order valence-corrected chi connectivity index (χ1v) is 22.4. The number of hydrogen-bond acceptors (Lipinski definition) is 4. The molecule has 0 amide bonds. The molecule has 0 aliphatic rings. The standard InChI is InChI=1S/C59H36N4S/c1-4-14-38(15-5-1)50-36-51(62-59(61-50)42-29-32-53-47(35-42)44-20-10-12-22-52(44)63(53)43-18-8-3-9-19-43)39-26-24-37(25-27-39)41-28-31-49-48(34-41)56-46(58(60-49)40-16-6-2-7-17-40)30-33-55-57(56)45-21-11-13-23-54(45)64-55/h1-36H. The van der Waals surface area contributed by atoms with Crippen molar-refractivity contribution in [3.8, 4) is 62.0 Å². The molecule has 0 aliphatic heterocycles. The third-order valence-corrected chi connectivity index (χ3v) is 13.7. The van der Waals surface area contributed by atoms with Crippen LogP contribution in [0, 0.1) is 0 Å². The monoisotopic (exact) mass is 832 g/mol. The molecule has 5 heteroatoms. The Morgan fingerprint density at radius 2 is 0.922 bits per heavy atom. The van der Waals surface area contributed by atoms with E-state index in [1.54, 1.807) is 0 Å². The predicted molar refractivity (Wildman–Crippen MR) is 269 cm³/mol. The predicted octanol–water partition coefficient (Wildman–Crippen LogP) is 16.0. The van der Waals surface area contributed by atoms with Gasteiger partial charge in [-0.15, -0.1) is 11.3 Å². The Morgan fingerprint density at radius 3 is 1.70 bits per heavy atom. The number of nitrogens with zero attached hydrogens (tertiary/aromatic N) is 4. The summed E-state index contributed by atoms with van der Waals surface area (Å²) in [5.74, 6) is 0.690. The lowest BCUT2D eigenvalue weighted by molar-refractivity contribution is 1.17. The first-order valence-electron chi connectivity index (χ1n) is 21.6. The van der Waals surface area contributed by atoms with Crippen LogP contribution >= 0.6 is 11.3 Å². The fraction of sp³-hybridized carbons (Fsp3) is 0. The second kappa shape index (κ2) is 14.7. The number of para-hydroxylation sites is 2. The number of pyridine rings is 1. The summed E-state index contributed by atoms with van der Waals surface area (Å²) in [5, 5.41) is 8.51. The highest BCUT2D eigenvalue weighted by Crippen LogP contribution is 2.44. The maximum absolute atomic E-state index is 5.33. The van der Waals surface area contributed by atoms with E-state index in [2.05, 4.69) is 217 Å². The van der Waals surface area contributed by atoms with Crippen molar-refractivity contribution in [3.63, 3.8) is 0 Å². The van der Waals surface area contributed by atoms with Crippen molar-refractivity contribution in [2.24, 2.45) is 0 Å². The molecule has 0 fully saturated rings. The molecule has 4 aromatic heterocycles. The van der Waals surface area contributed by atoms with Gasteiger partial charge in [-0.25, -0.2) is 15.0 Å². The summed E-state index contributed by atoms with van der Waals surface area (Å²) in [7, 11) is 0. The molecule has 0 radical (unpaired) electrons. The van der Waals surface area contributed by atoms with Gasteiger partial charge in [-0.2, -0.15) is 0 Å². The molecule has 0 spiro atoms. The zero-order valence-electron chi connectivity index (χ0n) is 34.5. The molecule has 4 heterocycles. The SMILES string of the molecule is c1ccc(-c2cc(-c3ccc(-c4ccc5nc(-c6ccccc6)c6ccc7sc8ccccc8c7c6c5c4)cc3)nc(-c3ccc4c(c3)c3ccccc3n4-c3ccccc3)n2)cc1. The summed E-state index contributed by atoms with van der Waals surface area (Å²) in [4.78, 5) is 15.8. The zero-order valence-corrected chi connectivity index (χ0v) is 35.3. The van der Waals surface area contributed by atoms with Crippen LogP contribution in [0.1, 0.15) is 0 Å². The van der Waals surface area contributed by atoms with E-state index in [-0.39, 0.29) is 0 Å². The molecule has 0 unspecified atom stereocenters. The Labute approximate surface area is 373 Å². The fourth-order valence-electron chi connectivity index (χ4n) is 9.59. The van der Waals surface area contributed by atoms with Crippen LogP contribution in [0.15, 0.2) is 218 Å². The van der Waals surface area contributed by atoms with Crippen molar-refractivity contribution >= 4 is 75.0 Å². The second-order valence-corrected chi connectivity index (χ2v) is 17.4. The minimum absolute atomic E-state index is 0.690. The van der Waals surface area contributed by atoms with Gasteiger partial charge in [0.25, 0.3) is 0 Å². The Kier molecular flexibility index (Phi) is 8.36. The van der Waals surface area contributed by atoms with E-state index in [1.807, 2.05) is 17.4 Å². The molecule has 0 saturated heterocycles. The van der Waals surface area contributed by atoms with Gasteiger partial charge in [-0.3, -0.25) is 0 Å². The Bertz CT molecular complexity index is 3930. The lowest BCUT2D eigenvalue weighted by Gasteiger charge is -2.13. The van der Waals surface area contributed by atoms with Crippen LogP contribution in [0.25, 0.3) is 126 Å². The van der Waals surface area contributed by atoms with Crippen LogP contribution in [-0.4, -0.2) is 19.5 Å². The Balaban J connectivity index is 0.942. The van der Waals surface area contributed by atoms with Crippen LogP contribution < -0.4 is 0 Å². The number of benzene rings is 9. The molecule has 0 bridgehead atoms. The molecule has 13 aromatic rings. The largest absolute Gasteiger partial charge is 0.309 e. The van der Waals surface area contributed by atoms with E-state index in [1.165, 1.54) is 41.8 Å². The average molecular weight is 833 g/mol. The van der Waals surface area contributed by atoms with Gasteiger partial charge in [0.15, 0.2) is 5.82 Å². The van der Waals surface area contributed by atoms with E-state index < -0.39 is 0 Å². The van der Waals surface area contributed by atoms with Gasteiger partial charge >= 0.3 is 0 Å². The lowest BCUT2D eigenvalue weighted by atomic mass is 9.94.